The molecule has 0 unspecified atom stereocenters. The summed E-state index contributed by atoms with van der Waals surface area (Å²) in [5.41, 5.74) is 3.51. The molecule has 2 aromatic rings. The van der Waals surface area contributed by atoms with Crippen molar-refractivity contribution in [2.75, 3.05) is 46.1 Å². The molecular formula is C23H28N2O3. The number of aromatic nitrogens is 1. The summed E-state index contributed by atoms with van der Waals surface area (Å²) >= 11 is 0. The molecule has 5 rings (SSSR count). The molecule has 2 fully saturated rings. The number of hydrogen-bond donors (Lipinski definition) is 0. The van der Waals surface area contributed by atoms with Crippen LogP contribution in [0.5, 0.6) is 0 Å². The van der Waals surface area contributed by atoms with Crippen LogP contribution in [0, 0.1) is 11.8 Å². The molecule has 2 saturated heterocycles. The molecule has 0 aliphatic carbocycles. The fourth-order valence-electron chi connectivity index (χ4n) is 5.14. The maximum absolute atomic E-state index is 12.8. The van der Waals surface area contributed by atoms with E-state index in [9.17, 15) is 4.79 Å². The summed E-state index contributed by atoms with van der Waals surface area (Å²) in [5.74, 6) is 1.43. The van der Waals surface area contributed by atoms with Crippen molar-refractivity contribution in [3.63, 3.8) is 0 Å². The Hall–Kier alpha value is -1.95. The third-order valence-corrected chi connectivity index (χ3v) is 6.33. The Labute approximate surface area is 165 Å². The van der Waals surface area contributed by atoms with Crippen molar-refractivity contribution in [3.8, 4) is 11.1 Å². The van der Waals surface area contributed by atoms with E-state index in [-0.39, 0.29) is 5.56 Å². The number of rotatable bonds is 3. The number of likely N-dealkylation sites (tertiary alicyclic amines) is 1. The van der Waals surface area contributed by atoms with Gasteiger partial charge in [0, 0.05) is 49.8 Å². The van der Waals surface area contributed by atoms with Gasteiger partial charge in [-0.25, -0.2) is 0 Å². The summed E-state index contributed by atoms with van der Waals surface area (Å²) in [6.45, 7) is 6.95. The number of ether oxygens (including phenoxy) is 2. The van der Waals surface area contributed by atoms with Gasteiger partial charge in [0.2, 0.25) is 0 Å². The Morgan fingerprint density at radius 1 is 0.929 bits per heavy atom. The second-order valence-corrected chi connectivity index (χ2v) is 8.52. The van der Waals surface area contributed by atoms with Crippen molar-refractivity contribution in [2.45, 2.75) is 18.9 Å². The SMILES string of the molecule is O=c1cc(-c2ccccc2)cc2n1C[C@H]1C[C@@H]2CN(CC2COCCOC2)C1. The van der Waals surface area contributed by atoms with Crippen LogP contribution in [-0.4, -0.2) is 55.5 Å². The van der Waals surface area contributed by atoms with E-state index in [1.54, 1.807) is 6.07 Å². The molecule has 28 heavy (non-hydrogen) atoms. The number of piperidine rings is 1. The van der Waals surface area contributed by atoms with Crippen molar-refractivity contribution < 1.29 is 9.47 Å². The van der Waals surface area contributed by atoms with Crippen molar-refractivity contribution in [3.05, 3.63) is 58.5 Å². The Balaban J connectivity index is 1.39. The zero-order valence-electron chi connectivity index (χ0n) is 16.3. The zero-order valence-corrected chi connectivity index (χ0v) is 16.3. The minimum absolute atomic E-state index is 0.144. The minimum atomic E-state index is 0.144. The van der Waals surface area contributed by atoms with Crippen LogP contribution in [0.2, 0.25) is 0 Å². The molecule has 2 atom stereocenters. The van der Waals surface area contributed by atoms with E-state index in [0.717, 1.165) is 50.5 Å². The Bertz CT molecular complexity index is 871. The largest absolute Gasteiger partial charge is 0.379 e. The maximum atomic E-state index is 12.8. The molecule has 5 heteroatoms. The standard InChI is InChI=1S/C23H28N2O3/c26-23-10-20(19-4-2-1-3-5-19)9-22-21-8-17(13-25(22)23)11-24(14-21)12-18-15-27-6-7-28-16-18/h1-5,9-10,17-18,21H,6-8,11-16H2/t17-,21+/m0/s1. The first-order valence-corrected chi connectivity index (χ1v) is 10.4. The first-order valence-electron chi connectivity index (χ1n) is 10.4. The topological polar surface area (TPSA) is 43.7 Å². The van der Waals surface area contributed by atoms with Gasteiger partial charge >= 0.3 is 0 Å². The van der Waals surface area contributed by atoms with E-state index in [2.05, 4.69) is 23.1 Å². The molecule has 5 nitrogen and oxygen atoms in total. The van der Waals surface area contributed by atoms with Gasteiger partial charge in [0.05, 0.1) is 26.4 Å². The summed E-state index contributed by atoms with van der Waals surface area (Å²) in [6.07, 6.45) is 1.19. The average Bonchev–Trinajstić information content (AvgIpc) is 2.98. The summed E-state index contributed by atoms with van der Waals surface area (Å²) in [7, 11) is 0. The highest BCUT2D eigenvalue weighted by molar-refractivity contribution is 5.63. The average molecular weight is 380 g/mol. The molecule has 3 aliphatic rings. The van der Waals surface area contributed by atoms with Gasteiger partial charge in [-0.05, 0) is 29.5 Å². The minimum Gasteiger partial charge on any atom is -0.379 e. The number of hydrogen-bond acceptors (Lipinski definition) is 4. The summed E-state index contributed by atoms with van der Waals surface area (Å²) < 4.78 is 13.4. The molecule has 2 bridgehead atoms. The molecule has 1 aromatic carbocycles. The molecule has 0 saturated carbocycles. The molecule has 0 spiro atoms. The van der Waals surface area contributed by atoms with Gasteiger partial charge in [-0.3, -0.25) is 4.79 Å². The van der Waals surface area contributed by atoms with E-state index in [0.29, 0.717) is 31.0 Å². The molecule has 3 aliphatic heterocycles. The highest BCUT2D eigenvalue weighted by atomic mass is 16.5. The fraction of sp³-hybridized carbons (Fsp3) is 0.522. The third-order valence-electron chi connectivity index (χ3n) is 6.33. The highest BCUT2D eigenvalue weighted by Crippen LogP contribution is 2.36. The molecule has 0 N–H and O–H groups in total. The van der Waals surface area contributed by atoms with Gasteiger partial charge in [-0.1, -0.05) is 30.3 Å². The Morgan fingerprint density at radius 3 is 2.50 bits per heavy atom. The van der Waals surface area contributed by atoms with Crippen molar-refractivity contribution in [1.82, 2.24) is 9.47 Å². The van der Waals surface area contributed by atoms with Crippen LogP contribution in [0.3, 0.4) is 0 Å². The van der Waals surface area contributed by atoms with Gasteiger partial charge in [-0.2, -0.15) is 0 Å². The predicted molar refractivity (Wildman–Crippen MR) is 109 cm³/mol. The lowest BCUT2D eigenvalue weighted by Crippen LogP contribution is -2.48. The predicted octanol–water partition coefficient (Wildman–Crippen LogP) is 2.60. The molecular weight excluding hydrogens is 352 g/mol. The summed E-state index contributed by atoms with van der Waals surface area (Å²) in [4.78, 5) is 15.4. The van der Waals surface area contributed by atoms with Crippen molar-refractivity contribution in [1.29, 1.82) is 0 Å². The number of pyridine rings is 1. The van der Waals surface area contributed by atoms with Gasteiger partial charge in [-0.15, -0.1) is 0 Å². The molecule has 0 amide bonds. The fourth-order valence-corrected chi connectivity index (χ4v) is 5.14. The van der Waals surface area contributed by atoms with E-state index in [4.69, 9.17) is 9.47 Å². The van der Waals surface area contributed by atoms with Gasteiger partial charge in [0.1, 0.15) is 0 Å². The van der Waals surface area contributed by atoms with Crippen LogP contribution in [0.4, 0.5) is 0 Å². The van der Waals surface area contributed by atoms with Crippen LogP contribution >= 0.6 is 0 Å². The first-order chi connectivity index (χ1) is 13.8. The van der Waals surface area contributed by atoms with E-state index in [1.807, 2.05) is 22.8 Å². The summed E-state index contributed by atoms with van der Waals surface area (Å²) in [6, 6.07) is 14.3. The monoisotopic (exact) mass is 380 g/mol. The smallest absolute Gasteiger partial charge is 0.251 e. The van der Waals surface area contributed by atoms with Gasteiger partial charge in [0.25, 0.3) is 5.56 Å². The quantitative estimate of drug-likeness (QED) is 0.821. The third kappa shape index (κ3) is 3.66. The Morgan fingerprint density at radius 2 is 1.71 bits per heavy atom. The van der Waals surface area contributed by atoms with Crippen LogP contribution < -0.4 is 5.56 Å². The van der Waals surface area contributed by atoms with Crippen LogP contribution in [0.15, 0.2) is 47.3 Å². The summed E-state index contributed by atoms with van der Waals surface area (Å²) in [5, 5.41) is 0. The van der Waals surface area contributed by atoms with Crippen molar-refractivity contribution in [2.24, 2.45) is 11.8 Å². The van der Waals surface area contributed by atoms with Crippen LogP contribution in [0.1, 0.15) is 18.0 Å². The first kappa shape index (κ1) is 18.1. The number of benzene rings is 1. The molecule has 148 valence electrons. The van der Waals surface area contributed by atoms with E-state index >= 15 is 0 Å². The Kier molecular flexibility index (Phi) is 5.05. The second-order valence-electron chi connectivity index (χ2n) is 8.52. The lowest BCUT2D eigenvalue weighted by molar-refractivity contribution is 0.0649. The van der Waals surface area contributed by atoms with E-state index < -0.39 is 0 Å². The second kappa shape index (κ2) is 7.82. The van der Waals surface area contributed by atoms with Crippen LogP contribution in [0.25, 0.3) is 11.1 Å². The van der Waals surface area contributed by atoms with Crippen LogP contribution in [-0.2, 0) is 16.0 Å². The lowest BCUT2D eigenvalue weighted by Gasteiger charge is -2.43. The normalized spacial score (nSPS) is 25.9. The molecule has 0 radical (unpaired) electrons. The van der Waals surface area contributed by atoms with E-state index in [1.165, 1.54) is 12.1 Å². The number of fused-ring (bicyclic) bond motifs is 4. The highest BCUT2D eigenvalue weighted by Gasteiger charge is 2.35. The molecule has 1 aromatic heterocycles. The molecule has 4 heterocycles. The maximum Gasteiger partial charge on any atom is 0.251 e. The van der Waals surface area contributed by atoms with Crippen molar-refractivity contribution >= 4 is 0 Å². The van der Waals surface area contributed by atoms with Gasteiger partial charge in [0.15, 0.2) is 0 Å². The van der Waals surface area contributed by atoms with Gasteiger partial charge < -0.3 is 18.9 Å². The lowest BCUT2D eigenvalue weighted by atomic mass is 9.82. The number of nitrogens with zero attached hydrogens (tertiary/aromatic N) is 2. The zero-order chi connectivity index (χ0) is 18.9.